The lowest BCUT2D eigenvalue weighted by Crippen LogP contribution is -2.49. The van der Waals surface area contributed by atoms with Crippen LogP contribution in [-0.4, -0.2) is 54.3 Å². The number of likely N-dealkylation sites (N-methyl/N-ethyl adjacent to an activating group) is 1. The van der Waals surface area contributed by atoms with Crippen LogP contribution < -0.4 is 4.74 Å². The maximum Gasteiger partial charge on any atom is 0.254 e. The van der Waals surface area contributed by atoms with E-state index in [1.165, 1.54) is 5.56 Å². The highest BCUT2D eigenvalue weighted by molar-refractivity contribution is 6.12. The number of carbonyl (C=O) groups is 2. The van der Waals surface area contributed by atoms with Gasteiger partial charge in [-0.1, -0.05) is 30.3 Å². The number of likely N-dealkylation sites (tertiary alicyclic amines) is 1. The number of fused-ring (bicyclic) bond motifs is 2. The molecule has 0 radical (unpaired) electrons. The van der Waals surface area contributed by atoms with E-state index in [4.69, 9.17) is 4.74 Å². The quantitative estimate of drug-likeness (QED) is 0.820. The molecule has 0 spiro atoms. The van der Waals surface area contributed by atoms with Crippen molar-refractivity contribution in [1.82, 2.24) is 9.80 Å². The van der Waals surface area contributed by atoms with Crippen molar-refractivity contribution in [2.45, 2.75) is 26.4 Å². The van der Waals surface area contributed by atoms with Crippen molar-refractivity contribution in [1.29, 1.82) is 0 Å². The summed E-state index contributed by atoms with van der Waals surface area (Å²) >= 11 is 0. The number of Topliss-reactive ketones (excluding diaryl/α,β-unsaturated/α-hetero) is 1. The number of rotatable bonds is 4. The van der Waals surface area contributed by atoms with Crippen molar-refractivity contribution < 1.29 is 14.3 Å². The summed E-state index contributed by atoms with van der Waals surface area (Å²) < 4.78 is 5.23. The van der Waals surface area contributed by atoms with Crippen molar-refractivity contribution in [2.24, 2.45) is 5.41 Å². The minimum atomic E-state index is -0.606. The number of hydrogen-bond acceptors (Lipinski definition) is 4. The summed E-state index contributed by atoms with van der Waals surface area (Å²) in [5, 5.41) is 0. The van der Waals surface area contributed by atoms with Gasteiger partial charge in [-0.25, -0.2) is 0 Å². The van der Waals surface area contributed by atoms with Crippen LogP contribution in [0.3, 0.4) is 0 Å². The Morgan fingerprint density at radius 2 is 1.75 bits per heavy atom. The van der Waals surface area contributed by atoms with Gasteiger partial charge in [-0.15, -0.1) is 0 Å². The smallest absolute Gasteiger partial charge is 0.254 e. The Bertz CT molecular complexity index is 908. The molecule has 0 aromatic heterocycles. The second kappa shape index (κ2) is 7.06. The molecule has 1 fully saturated rings. The van der Waals surface area contributed by atoms with Crippen LogP contribution in [0, 0.1) is 5.41 Å². The number of carbonyl (C=O) groups excluding carboxylic acids is 2. The normalized spacial score (nSPS) is 24.7. The fourth-order valence-corrected chi connectivity index (χ4v) is 4.69. The van der Waals surface area contributed by atoms with Gasteiger partial charge >= 0.3 is 0 Å². The van der Waals surface area contributed by atoms with Crippen LogP contribution in [0.15, 0.2) is 48.5 Å². The highest BCUT2D eigenvalue weighted by Gasteiger charge is 2.54. The van der Waals surface area contributed by atoms with E-state index >= 15 is 0 Å². The summed E-state index contributed by atoms with van der Waals surface area (Å²) in [6.07, 6.45) is 0. The number of ketones is 1. The van der Waals surface area contributed by atoms with Crippen molar-refractivity contribution in [3.63, 3.8) is 0 Å². The fourth-order valence-electron chi connectivity index (χ4n) is 4.69. The van der Waals surface area contributed by atoms with Crippen molar-refractivity contribution in [3.05, 3.63) is 65.2 Å². The van der Waals surface area contributed by atoms with Crippen molar-refractivity contribution in [3.8, 4) is 5.75 Å². The monoisotopic (exact) mass is 378 g/mol. The highest BCUT2D eigenvalue weighted by Crippen LogP contribution is 2.41. The molecule has 0 unspecified atom stereocenters. The largest absolute Gasteiger partial charge is 0.497 e. The Labute approximate surface area is 165 Å². The summed E-state index contributed by atoms with van der Waals surface area (Å²) in [6.45, 7) is 6.69. The molecule has 146 valence electrons. The van der Waals surface area contributed by atoms with Crippen LogP contribution in [0.1, 0.15) is 40.1 Å². The molecule has 1 amide bonds. The van der Waals surface area contributed by atoms with Gasteiger partial charge in [0.05, 0.1) is 24.1 Å². The van der Waals surface area contributed by atoms with E-state index in [2.05, 4.69) is 17.0 Å². The Hall–Kier alpha value is -2.66. The molecule has 5 nitrogen and oxygen atoms in total. The predicted molar refractivity (Wildman–Crippen MR) is 108 cm³/mol. The zero-order chi connectivity index (χ0) is 19.9. The third-order valence-corrected chi connectivity index (χ3v) is 6.18. The average molecular weight is 378 g/mol. The fraction of sp³-hybridized carbons (Fsp3) is 0.391. The molecule has 2 aliphatic rings. The lowest BCUT2D eigenvalue weighted by molar-refractivity contribution is 0.0560. The Morgan fingerprint density at radius 3 is 2.39 bits per heavy atom. The first-order valence-electron chi connectivity index (χ1n) is 9.78. The lowest BCUT2D eigenvalue weighted by Gasteiger charge is -2.34. The highest BCUT2D eigenvalue weighted by atomic mass is 16.5. The van der Waals surface area contributed by atoms with Crippen LogP contribution in [0.5, 0.6) is 5.75 Å². The van der Waals surface area contributed by atoms with Crippen LogP contribution >= 0.6 is 0 Å². The number of nitrogens with zero attached hydrogens (tertiary/aromatic N) is 2. The van der Waals surface area contributed by atoms with Gasteiger partial charge in [0.1, 0.15) is 5.75 Å². The van der Waals surface area contributed by atoms with Gasteiger partial charge in [0.2, 0.25) is 0 Å². The van der Waals surface area contributed by atoms with E-state index in [0.29, 0.717) is 30.8 Å². The maximum absolute atomic E-state index is 13.5. The summed E-state index contributed by atoms with van der Waals surface area (Å²) in [7, 11) is 1.66. The van der Waals surface area contributed by atoms with Crippen molar-refractivity contribution in [2.75, 3.05) is 26.7 Å². The van der Waals surface area contributed by atoms with Crippen LogP contribution in [0.4, 0.5) is 0 Å². The molecular formula is C23H26N2O3. The third-order valence-electron chi connectivity index (χ3n) is 6.18. The zero-order valence-corrected chi connectivity index (χ0v) is 16.6. The first-order valence-corrected chi connectivity index (χ1v) is 9.78. The Kier molecular flexibility index (Phi) is 4.71. The van der Waals surface area contributed by atoms with E-state index in [-0.39, 0.29) is 17.7 Å². The van der Waals surface area contributed by atoms with Crippen LogP contribution in [0.2, 0.25) is 0 Å². The standard InChI is InChI=1S/C23H26N2O3/c1-4-25-20-14-24(13-16-9-11-17(28-3)12-10-16)15-23(20,2)21(26)18-7-5-6-8-19(18)22(25)27/h5-12,20H,4,13-15H2,1-3H3/t20-,23+/m1/s1. The first kappa shape index (κ1) is 18.7. The average Bonchev–Trinajstić information content (AvgIpc) is 3.02. The van der Waals surface area contributed by atoms with Gasteiger partial charge in [-0.2, -0.15) is 0 Å². The second-order valence-electron chi connectivity index (χ2n) is 7.92. The Balaban J connectivity index is 1.66. The van der Waals surface area contributed by atoms with E-state index in [1.54, 1.807) is 19.2 Å². The van der Waals surface area contributed by atoms with E-state index < -0.39 is 5.41 Å². The summed E-state index contributed by atoms with van der Waals surface area (Å²) in [4.78, 5) is 30.9. The SMILES string of the molecule is CCN1C(=O)c2ccccc2C(=O)[C@@]2(C)CN(Cc3ccc(OC)cc3)C[C@@H]12. The molecule has 2 heterocycles. The van der Waals surface area contributed by atoms with Crippen LogP contribution in [-0.2, 0) is 6.54 Å². The maximum atomic E-state index is 13.5. The molecule has 28 heavy (non-hydrogen) atoms. The van der Waals surface area contributed by atoms with E-state index in [0.717, 1.165) is 12.3 Å². The summed E-state index contributed by atoms with van der Waals surface area (Å²) in [5.74, 6) is 0.873. The number of methoxy groups -OCH3 is 1. The minimum Gasteiger partial charge on any atom is -0.497 e. The van der Waals surface area contributed by atoms with Gasteiger partial charge in [0.15, 0.2) is 5.78 Å². The van der Waals surface area contributed by atoms with Gasteiger partial charge in [-0.05, 0) is 37.6 Å². The molecule has 0 saturated carbocycles. The number of ether oxygens (including phenoxy) is 1. The van der Waals surface area contributed by atoms with E-state index in [1.807, 2.05) is 43.0 Å². The van der Waals surface area contributed by atoms with Gasteiger partial charge in [-0.3, -0.25) is 14.5 Å². The molecule has 1 saturated heterocycles. The molecule has 0 bridgehead atoms. The first-order chi connectivity index (χ1) is 13.5. The zero-order valence-electron chi connectivity index (χ0n) is 16.6. The lowest BCUT2D eigenvalue weighted by atomic mass is 9.78. The van der Waals surface area contributed by atoms with E-state index in [9.17, 15) is 9.59 Å². The number of hydrogen-bond donors (Lipinski definition) is 0. The molecule has 5 heteroatoms. The molecule has 0 aliphatic carbocycles. The van der Waals surface area contributed by atoms with Gasteiger partial charge < -0.3 is 9.64 Å². The van der Waals surface area contributed by atoms with Gasteiger partial charge in [0, 0.05) is 31.7 Å². The molecule has 2 aromatic carbocycles. The number of benzene rings is 2. The van der Waals surface area contributed by atoms with Crippen LogP contribution in [0.25, 0.3) is 0 Å². The topological polar surface area (TPSA) is 49.9 Å². The number of amides is 1. The molecule has 4 rings (SSSR count). The summed E-state index contributed by atoms with van der Waals surface area (Å²) in [6, 6.07) is 15.1. The molecule has 0 N–H and O–H groups in total. The Morgan fingerprint density at radius 1 is 1.07 bits per heavy atom. The predicted octanol–water partition coefficient (Wildman–Crippen LogP) is 3.24. The van der Waals surface area contributed by atoms with Crippen molar-refractivity contribution >= 4 is 11.7 Å². The van der Waals surface area contributed by atoms with Gasteiger partial charge in [0.25, 0.3) is 5.91 Å². The third kappa shape index (κ3) is 2.90. The second-order valence-corrected chi connectivity index (χ2v) is 7.92. The molecule has 2 aliphatic heterocycles. The molecular weight excluding hydrogens is 352 g/mol. The summed E-state index contributed by atoms with van der Waals surface area (Å²) in [5.41, 5.74) is 1.65. The minimum absolute atomic E-state index is 0.0357. The molecule has 2 aromatic rings. The molecule has 2 atom stereocenters.